The molecule has 1 N–H and O–H groups in total. The van der Waals surface area contributed by atoms with Crippen molar-refractivity contribution < 1.29 is 27.8 Å². The van der Waals surface area contributed by atoms with Crippen molar-refractivity contribution in [2.24, 2.45) is 0 Å². The van der Waals surface area contributed by atoms with Crippen molar-refractivity contribution in [3.63, 3.8) is 0 Å². The Morgan fingerprint density at radius 3 is 2.38 bits per heavy atom. The van der Waals surface area contributed by atoms with E-state index in [0.29, 0.717) is 22.5 Å². The number of carbonyl (C=O) groups is 2. The summed E-state index contributed by atoms with van der Waals surface area (Å²) in [5.74, 6) is -3.05. The zero-order valence-corrected chi connectivity index (χ0v) is 13.2. The first-order valence-electron chi connectivity index (χ1n) is 6.65. The van der Waals surface area contributed by atoms with Crippen LogP contribution in [0, 0.1) is 11.6 Å². The summed E-state index contributed by atoms with van der Waals surface area (Å²) in [6.45, 7) is -0.624. The third kappa shape index (κ3) is 4.66. The van der Waals surface area contributed by atoms with Crippen molar-refractivity contribution in [3.05, 3.63) is 58.6 Å². The second kappa shape index (κ2) is 7.74. The number of nitrogens with one attached hydrogen (secondary N) is 1. The number of hydrogen-bond acceptors (Lipinski definition) is 4. The molecule has 2 aromatic carbocycles. The summed E-state index contributed by atoms with van der Waals surface area (Å²) in [6.07, 6.45) is 0. The number of methoxy groups -OCH3 is 1. The zero-order valence-electron chi connectivity index (χ0n) is 12.4. The quantitative estimate of drug-likeness (QED) is 0.835. The third-order valence-corrected chi connectivity index (χ3v) is 3.16. The van der Waals surface area contributed by atoms with E-state index >= 15 is 0 Å². The van der Waals surface area contributed by atoms with Gasteiger partial charge in [-0.05, 0) is 30.3 Å². The van der Waals surface area contributed by atoms with E-state index in [0.717, 1.165) is 12.1 Å². The van der Waals surface area contributed by atoms with Gasteiger partial charge in [-0.2, -0.15) is 0 Å². The van der Waals surface area contributed by atoms with Gasteiger partial charge >= 0.3 is 5.97 Å². The highest BCUT2D eigenvalue weighted by Crippen LogP contribution is 2.27. The monoisotopic (exact) mass is 355 g/mol. The maximum Gasteiger partial charge on any atom is 0.338 e. The van der Waals surface area contributed by atoms with Crippen molar-refractivity contribution in [2.45, 2.75) is 0 Å². The van der Waals surface area contributed by atoms with Crippen molar-refractivity contribution in [2.75, 3.05) is 19.0 Å². The van der Waals surface area contributed by atoms with Gasteiger partial charge in [0.25, 0.3) is 5.91 Å². The second-order valence-electron chi connectivity index (χ2n) is 4.63. The van der Waals surface area contributed by atoms with Crippen LogP contribution in [0.4, 0.5) is 14.5 Å². The molecule has 1 amide bonds. The van der Waals surface area contributed by atoms with E-state index in [1.165, 1.54) is 13.2 Å². The summed E-state index contributed by atoms with van der Waals surface area (Å²) in [6, 6.07) is 6.81. The fraction of sp³-hybridized carbons (Fsp3) is 0.125. The van der Waals surface area contributed by atoms with Gasteiger partial charge in [-0.3, -0.25) is 4.79 Å². The van der Waals surface area contributed by atoms with Gasteiger partial charge in [0.15, 0.2) is 6.61 Å². The van der Waals surface area contributed by atoms with Gasteiger partial charge in [0.05, 0.1) is 17.7 Å². The Balaban J connectivity index is 1.93. The number of benzene rings is 2. The van der Waals surface area contributed by atoms with Crippen LogP contribution < -0.4 is 10.1 Å². The van der Waals surface area contributed by atoms with Crippen LogP contribution in [0.15, 0.2) is 36.4 Å². The minimum absolute atomic E-state index is 0.294. The molecule has 5 nitrogen and oxygen atoms in total. The van der Waals surface area contributed by atoms with Crippen LogP contribution in [-0.2, 0) is 9.53 Å². The number of anilines is 1. The molecule has 0 fully saturated rings. The summed E-state index contributed by atoms with van der Waals surface area (Å²) < 4.78 is 35.7. The SMILES string of the molecule is COc1ccc(NC(=O)COC(=O)c2cc(F)cc(F)c2)cc1Cl. The van der Waals surface area contributed by atoms with Gasteiger partial charge in [-0.15, -0.1) is 0 Å². The fourth-order valence-electron chi connectivity index (χ4n) is 1.83. The number of amides is 1. The Hall–Kier alpha value is -2.67. The number of ether oxygens (including phenoxy) is 2. The van der Waals surface area contributed by atoms with Gasteiger partial charge < -0.3 is 14.8 Å². The molecule has 126 valence electrons. The molecule has 0 bridgehead atoms. The molecule has 0 unspecified atom stereocenters. The fourth-order valence-corrected chi connectivity index (χ4v) is 2.09. The zero-order chi connectivity index (χ0) is 17.7. The Morgan fingerprint density at radius 2 is 1.79 bits per heavy atom. The Bertz CT molecular complexity index is 762. The lowest BCUT2D eigenvalue weighted by Crippen LogP contribution is -2.21. The highest BCUT2D eigenvalue weighted by atomic mass is 35.5. The summed E-state index contributed by atoms with van der Waals surface area (Å²) >= 11 is 5.92. The van der Waals surface area contributed by atoms with Gasteiger partial charge in [0.1, 0.15) is 17.4 Å². The molecule has 0 atom stereocenters. The maximum atomic E-state index is 13.0. The van der Waals surface area contributed by atoms with Crippen molar-refractivity contribution in [1.29, 1.82) is 0 Å². The van der Waals surface area contributed by atoms with E-state index in [2.05, 4.69) is 5.32 Å². The van der Waals surface area contributed by atoms with Crippen molar-refractivity contribution in [1.82, 2.24) is 0 Å². The van der Waals surface area contributed by atoms with Crippen LogP contribution in [-0.4, -0.2) is 25.6 Å². The number of hydrogen-bond donors (Lipinski definition) is 1. The van der Waals surface area contributed by atoms with Crippen LogP contribution in [0.2, 0.25) is 5.02 Å². The first-order valence-corrected chi connectivity index (χ1v) is 7.03. The normalized spacial score (nSPS) is 10.2. The minimum atomic E-state index is -1.02. The smallest absolute Gasteiger partial charge is 0.338 e. The van der Waals surface area contributed by atoms with E-state index in [9.17, 15) is 18.4 Å². The van der Waals surface area contributed by atoms with Crippen LogP contribution in [0.1, 0.15) is 10.4 Å². The van der Waals surface area contributed by atoms with Crippen molar-refractivity contribution in [3.8, 4) is 5.75 Å². The topological polar surface area (TPSA) is 64.6 Å². The third-order valence-electron chi connectivity index (χ3n) is 2.87. The largest absolute Gasteiger partial charge is 0.495 e. The van der Waals surface area contributed by atoms with E-state index < -0.39 is 30.1 Å². The molecule has 8 heteroatoms. The number of esters is 1. The second-order valence-corrected chi connectivity index (χ2v) is 5.04. The summed E-state index contributed by atoms with van der Waals surface area (Å²) in [4.78, 5) is 23.4. The number of carbonyl (C=O) groups excluding carboxylic acids is 2. The Morgan fingerprint density at radius 1 is 1.12 bits per heavy atom. The van der Waals surface area contributed by atoms with Gasteiger partial charge in [0.2, 0.25) is 0 Å². The lowest BCUT2D eigenvalue weighted by molar-refractivity contribution is -0.119. The predicted molar refractivity (Wildman–Crippen MR) is 83.3 cm³/mol. The Labute approximate surface area is 141 Å². The maximum absolute atomic E-state index is 13.0. The van der Waals surface area contributed by atoms with Gasteiger partial charge in [-0.1, -0.05) is 11.6 Å². The van der Waals surface area contributed by atoms with E-state index in [1.807, 2.05) is 0 Å². The lowest BCUT2D eigenvalue weighted by Gasteiger charge is -2.09. The number of rotatable bonds is 5. The molecular weight excluding hydrogens is 344 g/mol. The number of halogens is 3. The van der Waals surface area contributed by atoms with Crippen LogP contribution >= 0.6 is 11.6 Å². The molecular formula is C16H12ClF2NO4. The van der Waals surface area contributed by atoms with E-state index in [4.69, 9.17) is 21.1 Å². The summed E-state index contributed by atoms with van der Waals surface area (Å²) in [5, 5.41) is 2.75. The molecule has 0 heterocycles. The average Bonchev–Trinajstić information content (AvgIpc) is 2.52. The highest BCUT2D eigenvalue weighted by molar-refractivity contribution is 6.32. The van der Waals surface area contributed by atoms with Gasteiger partial charge in [-0.25, -0.2) is 13.6 Å². The van der Waals surface area contributed by atoms with E-state index in [-0.39, 0.29) is 5.56 Å². The molecule has 2 rings (SSSR count). The highest BCUT2D eigenvalue weighted by Gasteiger charge is 2.13. The van der Waals surface area contributed by atoms with Gasteiger partial charge in [0, 0.05) is 11.8 Å². The molecule has 0 aliphatic carbocycles. The average molecular weight is 356 g/mol. The standard InChI is InChI=1S/C16H12ClF2NO4/c1-23-14-3-2-12(7-13(14)17)20-15(21)8-24-16(22)9-4-10(18)6-11(19)5-9/h2-7H,8H2,1H3,(H,20,21). The molecule has 0 saturated heterocycles. The van der Waals surface area contributed by atoms with Crippen molar-refractivity contribution >= 4 is 29.2 Å². The first kappa shape index (κ1) is 17.7. The minimum Gasteiger partial charge on any atom is -0.495 e. The first-order chi connectivity index (χ1) is 11.4. The molecule has 0 aliphatic rings. The molecule has 0 radical (unpaired) electrons. The molecule has 24 heavy (non-hydrogen) atoms. The van der Waals surface area contributed by atoms with Crippen LogP contribution in [0.25, 0.3) is 0 Å². The molecule has 0 saturated carbocycles. The Kier molecular flexibility index (Phi) is 5.70. The summed E-state index contributed by atoms with van der Waals surface area (Å²) in [5.41, 5.74) is 0.0476. The van der Waals surface area contributed by atoms with Crippen LogP contribution in [0.3, 0.4) is 0 Å². The van der Waals surface area contributed by atoms with Crippen LogP contribution in [0.5, 0.6) is 5.75 Å². The molecule has 0 aromatic heterocycles. The molecule has 2 aromatic rings. The predicted octanol–water partition coefficient (Wildman–Crippen LogP) is 3.42. The summed E-state index contributed by atoms with van der Waals surface area (Å²) in [7, 11) is 1.45. The lowest BCUT2D eigenvalue weighted by atomic mass is 10.2. The molecule has 0 spiro atoms. The molecule has 0 aliphatic heterocycles. The van der Waals surface area contributed by atoms with E-state index in [1.54, 1.807) is 12.1 Å².